The molecule has 0 aliphatic heterocycles. The van der Waals surface area contributed by atoms with E-state index in [1.165, 1.54) is 41.1 Å². The largest absolute Gasteiger partial charge is 0.534 e. The van der Waals surface area contributed by atoms with Crippen LogP contribution in [0.25, 0.3) is 21.9 Å². The molecule has 0 aliphatic rings. The van der Waals surface area contributed by atoms with Crippen molar-refractivity contribution >= 4 is 20.9 Å². The van der Waals surface area contributed by atoms with Gasteiger partial charge < -0.3 is 8.75 Å². The normalized spacial score (nSPS) is 12.5. The standard InChI is InChI=1S/C20H17F4NO4S/c1-12(2)10-25-11-18(13-3-5-14(21)6-4-13)17-9-15(7-8-16(17)19(25)26)29-30(27,28)20(22,23)24/h3-9,11-12H,10H2,1-2H3. The maximum atomic E-state index is 13.3. The van der Waals surface area contributed by atoms with Crippen molar-refractivity contribution < 1.29 is 30.2 Å². The lowest BCUT2D eigenvalue weighted by Crippen LogP contribution is -2.28. The van der Waals surface area contributed by atoms with Crippen molar-refractivity contribution in [2.45, 2.75) is 25.9 Å². The first-order chi connectivity index (χ1) is 13.9. The third-order valence-electron chi connectivity index (χ3n) is 4.26. The average Bonchev–Trinajstić information content (AvgIpc) is 2.63. The van der Waals surface area contributed by atoms with E-state index in [0.717, 1.165) is 12.1 Å². The molecule has 0 saturated carbocycles. The fourth-order valence-corrected chi connectivity index (χ4v) is 3.44. The van der Waals surface area contributed by atoms with Crippen molar-refractivity contribution in [2.75, 3.05) is 0 Å². The first kappa shape index (κ1) is 21.8. The van der Waals surface area contributed by atoms with Crippen molar-refractivity contribution in [1.29, 1.82) is 0 Å². The van der Waals surface area contributed by atoms with Gasteiger partial charge >= 0.3 is 15.6 Å². The van der Waals surface area contributed by atoms with E-state index in [1.54, 1.807) is 0 Å². The van der Waals surface area contributed by atoms with Crippen LogP contribution in [0.3, 0.4) is 0 Å². The maximum absolute atomic E-state index is 13.3. The summed E-state index contributed by atoms with van der Waals surface area (Å²) in [5.41, 5.74) is -5.08. The predicted octanol–water partition coefficient (Wildman–Crippen LogP) is 4.69. The van der Waals surface area contributed by atoms with Crippen molar-refractivity contribution in [3.63, 3.8) is 0 Å². The number of pyridine rings is 1. The summed E-state index contributed by atoms with van der Waals surface area (Å²) in [4.78, 5) is 12.8. The molecule has 30 heavy (non-hydrogen) atoms. The monoisotopic (exact) mass is 443 g/mol. The van der Waals surface area contributed by atoms with Gasteiger partial charge in [0.05, 0.1) is 0 Å². The van der Waals surface area contributed by atoms with E-state index < -0.39 is 32.8 Å². The summed E-state index contributed by atoms with van der Waals surface area (Å²) in [7, 11) is -5.87. The summed E-state index contributed by atoms with van der Waals surface area (Å²) in [5.74, 6) is -0.955. The van der Waals surface area contributed by atoms with E-state index >= 15 is 0 Å². The molecule has 0 aliphatic carbocycles. The zero-order valence-electron chi connectivity index (χ0n) is 15.9. The van der Waals surface area contributed by atoms with Gasteiger partial charge in [0.1, 0.15) is 11.6 Å². The molecule has 0 radical (unpaired) electrons. The highest BCUT2D eigenvalue weighted by Crippen LogP contribution is 2.32. The van der Waals surface area contributed by atoms with Crippen molar-refractivity contribution in [1.82, 2.24) is 4.57 Å². The molecule has 0 amide bonds. The van der Waals surface area contributed by atoms with Crippen molar-refractivity contribution in [3.8, 4) is 16.9 Å². The molecular weight excluding hydrogens is 426 g/mol. The molecule has 3 rings (SSSR count). The molecule has 10 heteroatoms. The molecule has 0 saturated heterocycles. The highest BCUT2D eigenvalue weighted by atomic mass is 32.2. The Morgan fingerprint density at radius 3 is 2.23 bits per heavy atom. The molecule has 0 unspecified atom stereocenters. The van der Waals surface area contributed by atoms with Gasteiger partial charge in [-0.25, -0.2) is 4.39 Å². The molecule has 0 spiro atoms. The number of hydrogen-bond donors (Lipinski definition) is 0. The van der Waals surface area contributed by atoms with Crippen LogP contribution in [0, 0.1) is 11.7 Å². The number of nitrogens with zero attached hydrogens (tertiary/aromatic N) is 1. The zero-order chi connectivity index (χ0) is 22.3. The van der Waals surface area contributed by atoms with Crippen LogP contribution in [0.5, 0.6) is 5.75 Å². The van der Waals surface area contributed by atoms with Gasteiger partial charge in [0.15, 0.2) is 0 Å². The number of halogens is 4. The molecule has 0 atom stereocenters. The summed E-state index contributed by atoms with van der Waals surface area (Å²) in [6, 6.07) is 8.56. The van der Waals surface area contributed by atoms with Gasteiger partial charge in [-0.15, -0.1) is 0 Å². The number of fused-ring (bicyclic) bond motifs is 1. The van der Waals surface area contributed by atoms with Crippen LogP contribution in [-0.4, -0.2) is 18.5 Å². The van der Waals surface area contributed by atoms with Gasteiger partial charge in [0, 0.05) is 29.1 Å². The van der Waals surface area contributed by atoms with E-state index in [0.29, 0.717) is 17.7 Å². The van der Waals surface area contributed by atoms with Crippen LogP contribution in [-0.2, 0) is 16.7 Å². The fraction of sp³-hybridized carbons (Fsp3) is 0.250. The number of benzene rings is 2. The molecule has 160 valence electrons. The van der Waals surface area contributed by atoms with Gasteiger partial charge in [0.25, 0.3) is 5.56 Å². The molecule has 1 heterocycles. The lowest BCUT2D eigenvalue weighted by Gasteiger charge is -2.15. The summed E-state index contributed by atoms with van der Waals surface area (Å²) >= 11 is 0. The van der Waals surface area contributed by atoms with Crippen LogP contribution in [0.2, 0.25) is 0 Å². The third kappa shape index (κ3) is 4.33. The molecule has 0 bridgehead atoms. The maximum Gasteiger partial charge on any atom is 0.534 e. The Kier molecular flexibility index (Phi) is 5.64. The zero-order valence-corrected chi connectivity index (χ0v) is 16.7. The topological polar surface area (TPSA) is 65.4 Å². The quantitative estimate of drug-likeness (QED) is 0.326. The number of rotatable bonds is 5. The third-order valence-corrected chi connectivity index (χ3v) is 5.24. The van der Waals surface area contributed by atoms with Gasteiger partial charge in [-0.1, -0.05) is 26.0 Å². The smallest absolute Gasteiger partial charge is 0.376 e. The van der Waals surface area contributed by atoms with Gasteiger partial charge in [-0.3, -0.25) is 4.79 Å². The Hall–Kier alpha value is -2.88. The van der Waals surface area contributed by atoms with Crippen molar-refractivity contribution in [2.24, 2.45) is 5.92 Å². The Morgan fingerprint density at radius 1 is 1.03 bits per heavy atom. The molecule has 1 aromatic heterocycles. The Labute approximate surface area is 169 Å². The first-order valence-corrected chi connectivity index (χ1v) is 10.2. The Bertz CT molecular complexity index is 1250. The number of hydrogen-bond acceptors (Lipinski definition) is 4. The molecule has 0 fully saturated rings. The first-order valence-electron chi connectivity index (χ1n) is 8.83. The molecular formula is C20H17F4NO4S. The summed E-state index contributed by atoms with van der Waals surface area (Å²) in [5, 5.41) is 0.343. The van der Waals surface area contributed by atoms with Crippen LogP contribution in [0.4, 0.5) is 17.6 Å². The van der Waals surface area contributed by atoms with Crippen LogP contribution >= 0.6 is 0 Å². The fourth-order valence-electron chi connectivity index (χ4n) is 2.99. The summed E-state index contributed by atoms with van der Waals surface area (Å²) in [6.45, 7) is 4.20. The van der Waals surface area contributed by atoms with E-state index in [4.69, 9.17) is 0 Å². The average molecular weight is 443 g/mol. The van der Waals surface area contributed by atoms with Gasteiger partial charge in [0.2, 0.25) is 0 Å². The Balaban J connectivity index is 2.25. The summed E-state index contributed by atoms with van der Waals surface area (Å²) in [6.07, 6.45) is 1.51. The van der Waals surface area contributed by atoms with E-state index in [1.807, 2.05) is 13.8 Å². The van der Waals surface area contributed by atoms with Gasteiger partial charge in [-0.2, -0.15) is 21.6 Å². The van der Waals surface area contributed by atoms with E-state index in [-0.39, 0.29) is 16.7 Å². The van der Waals surface area contributed by atoms with Crippen LogP contribution < -0.4 is 9.74 Å². The van der Waals surface area contributed by atoms with E-state index in [9.17, 15) is 30.8 Å². The molecule has 5 nitrogen and oxygen atoms in total. The highest BCUT2D eigenvalue weighted by Gasteiger charge is 2.48. The predicted molar refractivity (Wildman–Crippen MR) is 104 cm³/mol. The number of alkyl halides is 3. The van der Waals surface area contributed by atoms with E-state index in [2.05, 4.69) is 4.18 Å². The highest BCUT2D eigenvalue weighted by molar-refractivity contribution is 7.88. The molecule has 3 aromatic rings. The minimum Gasteiger partial charge on any atom is -0.376 e. The number of aromatic nitrogens is 1. The van der Waals surface area contributed by atoms with Gasteiger partial charge in [-0.05, 0) is 41.8 Å². The second kappa shape index (κ2) is 7.75. The molecule has 2 aromatic carbocycles. The van der Waals surface area contributed by atoms with Crippen LogP contribution in [0.1, 0.15) is 13.8 Å². The minimum absolute atomic E-state index is 0.126. The minimum atomic E-state index is -5.87. The second-order valence-electron chi connectivity index (χ2n) is 7.09. The lowest BCUT2D eigenvalue weighted by molar-refractivity contribution is -0.0500. The van der Waals surface area contributed by atoms with Crippen LogP contribution in [0.15, 0.2) is 53.5 Å². The lowest BCUT2D eigenvalue weighted by atomic mass is 10.00. The Morgan fingerprint density at radius 2 is 1.67 bits per heavy atom. The summed E-state index contributed by atoms with van der Waals surface area (Å²) < 4.78 is 79.6. The molecule has 0 N–H and O–H groups in total. The SMILES string of the molecule is CC(C)Cn1cc(-c2ccc(F)cc2)c2cc(OS(=O)(=O)C(F)(F)F)ccc2c1=O. The van der Waals surface area contributed by atoms with Crippen molar-refractivity contribution in [3.05, 3.63) is 64.8 Å². The second-order valence-corrected chi connectivity index (χ2v) is 8.63.